The van der Waals surface area contributed by atoms with Gasteiger partial charge in [0.2, 0.25) is 0 Å². The minimum atomic E-state index is -0.954. The Morgan fingerprint density at radius 1 is 1.00 bits per heavy atom. The van der Waals surface area contributed by atoms with Crippen LogP contribution in [0.2, 0.25) is 0 Å². The minimum Gasteiger partial charge on any atom is -0.478 e. The number of fused-ring (bicyclic) bond motifs is 1. The van der Waals surface area contributed by atoms with Crippen LogP contribution in [0, 0.1) is 0 Å². The first kappa shape index (κ1) is 13.1. The van der Waals surface area contributed by atoms with Gasteiger partial charge in [0.15, 0.2) is 0 Å². The van der Waals surface area contributed by atoms with Gasteiger partial charge >= 0.3 is 5.97 Å². The van der Waals surface area contributed by atoms with Gasteiger partial charge in [-0.25, -0.2) is 4.79 Å². The number of hydrogen-bond donors (Lipinski definition) is 1. The molecule has 0 atom stereocenters. The normalized spacial score (nSPS) is 10.7. The van der Waals surface area contributed by atoms with Gasteiger partial charge in [-0.1, -0.05) is 30.3 Å². The van der Waals surface area contributed by atoms with E-state index in [4.69, 9.17) is 5.11 Å². The average molecular weight is 279 g/mol. The van der Waals surface area contributed by atoms with E-state index in [1.165, 1.54) is 0 Å². The van der Waals surface area contributed by atoms with Crippen molar-refractivity contribution in [3.63, 3.8) is 0 Å². The van der Waals surface area contributed by atoms with Crippen LogP contribution in [0.5, 0.6) is 0 Å². The van der Waals surface area contributed by atoms with Crippen LogP contribution < -0.4 is 5.56 Å². The Labute approximate surface area is 120 Å². The Balaban J connectivity index is 1.96. The molecule has 0 saturated carbocycles. The molecular weight excluding hydrogens is 266 g/mol. The Bertz CT molecular complexity index is 863. The second-order valence-electron chi connectivity index (χ2n) is 4.84. The number of carboxylic acids is 1. The van der Waals surface area contributed by atoms with Gasteiger partial charge in [-0.05, 0) is 35.2 Å². The van der Waals surface area contributed by atoms with Gasteiger partial charge in [-0.15, -0.1) is 0 Å². The van der Waals surface area contributed by atoms with Crippen LogP contribution in [0.1, 0.15) is 15.9 Å². The van der Waals surface area contributed by atoms with E-state index in [2.05, 4.69) is 0 Å². The summed E-state index contributed by atoms with van der Waals surface area (Å²) in [6.07, 6.45) is 1.76. The van der Waals surface area contributed by atoms with Crippen LogP contribution in [0.25, 0.3) is 10.8 Å². The maximum atomic E-state index is 12.4. The Kier molecular flexibility index (Phi) is 3.28. The fraction of sp³-hybridized carbons (Fsp3) is 0.0588. The lowest BCUT2D eigenvalue weighted by atomic mass is 10.1. The lowest BCUT2D eigenvalue weighted by Crippen LogP contribution is -2.19. The third-order valence-corrected chi connectivity index (χ3v) is 3.44. The third kappa shape index (κ3) is 2.56. The lowest BCUT2D eigenvalue weighted by molar-refractivity contribution is 0.0697. The molecule has 21 heavy (non-hydrogen) atoms. The number of hydrogen-bond acceptors (Lipinski definition) is 2. The van der Waals surface area contributed by atoms with E-state index in [-0.39, 0.29) is 11.1 Å². The van der Waals surface area contributed by atoms with E-state index in [1.54, 1.807) is 35.0 Å². The Hall–Kier alpha value is -2.88. The van der Waals surface area contributed by atoms with Gasteiger partial charge in [0.05, 0.1) is 12.1 Å². The molecule has 3 rings (SSSR count). The van der Waals surface area contributed by atoms with Gasteiger partial charge in [-0.3, -0.25) is 4.79 Å². The summed E-state index contributed by atoms with van der Waals surface area (Å²) in [6.45, 7) is 0.420. The molecule has 0 bridgehead atoms. The predicted octanol–water partition coefficient (Wildman–Crippen LogP) is 2.75. The van der Waals surface area contributed by atoms with Gasteiger partial charge in [0.1, 0.15) is 0 Å². The van der Waals surface area contributed by atoms with Gasteiger partial charge in [0.25, 0.3) is 5.56 Å². The van der Waals surface area contributed by atoms with Crippen molar-refractivity contribution < 1.29 is 9.90 Å². The van der Waals surface area contributed by atoms with Crippen molar-refractivity contribution in [3.8, 4) is 0 Å². The van der Waals surface area contributed by atoms with Crippen molar-refractivity contribution in [3.05, 3.63) is 82.3 Å². The highest BCUT2D eigenvalue weighted by Gasteiger charge is 2.05. The number of pyridine rings is 1. The molecule has 0 aliphatic heterocycles. The number of aromatic nitrogens is 1. The van der Waals surface area contributed by atoms with Crippen molar-refractivity contribution in [2.45, 2.75) is 6.54 Å². The molecule has 1 aromatic heterocycles. The molecule has 0 amide bonds. The smallest absolute Gasteiger partial charge is 0.335 e. The van der Waals surface area contributed by atoms with Crippen LogP contribution in [0.15, 0.2) is 65.6 Å². The van der Waals surface area contributed by atoms with Crippen molar-refractivity contribution in [2.75, 3.05) is 0 Å². The van der Waals surface area contributed by atoms with Crippen molar-refractivity contribution in [2.24, 2.45) is 0 Å². The number of carbonyl (C=O) groups is 1. The molecule has 3 aromatic rings. The van der Waals surface area contributed by atoms with E-state index in [9.17, 15) is 9.59 Å². The highest BCUT2D eigenvalue weighted by molar-refractivity contribution is 5.87. The number of benzene rings is 2. The third-order valence-electron chi connectivity index (χ3n) is 3.44. The first-order valence-corrected chi connectivity index (χ1v) is 6.55. The Morgan fingerprint density at radius 3 is 2.43 bits per heavy atom. The zero-order valence-electron chi connectivity index (χ0n) is 11.2. The molecule has 104 valence electrons. The van der Waals surface area contributed by atoms with Crippen LogP contribution in [-0.4, -0.2) is 15.6 Å². The number of aromatic carboxylic acids is 1. The Morgan fingerprint density at radius 2 is 1.71 bits per heavy atom. The van der Waals surface area contributed by atoms with Gasteiger partial charge in [-0.2, -0.15) is 0 Å². The summed E-state index contributed by atoms with van der Waals surface area (Å²) >= 11 is 0. The molecule has 0 fully saturated rings. The SMILES string of the molecule is O=C(O)c1ccc(Cn2ccc3ccccc3c2=O)cc1. The van der Waals surface area contributed by atoms with E-state index in [0.29, 0.717) is 11.9 Å². The quantitative estimate of drug-likeness (QED) is 0.802. The highest BCUT2D eigenvalue weighted by atomic mass is 16.4. The highest BCUT2D eigenvalue weighted by Crippen LogP contribution is 2.10. The molecule has 0 unspecified atom stereocenters. The fourth-order valence-corrected chi connectivity index (χ4v) is 2.30. The van der Waals surface area contributed by atoms with E-state index in [0.717, 1.165) is 10.9 Å². The zero-order chi connectivity index (χ0) is 14.8. The standard InChI is InChI=1S/C17H13NO3/c19-16-15-4-2-1-3-13(15)9-10-18(16)11-12-5-7-14(8-6-12)17(20)21/h1-10H,11H2,(H,20,21). The summed E-state index contributed by atoms with van der Waals surface area (Å²) in [6, 6.07) is 15.9. The molecular formula is C17H13NO3. The summed E-state index contributed by atoms with van der Waals surface area (Å²) in [5.41, 5.74) is 1.08. The minimum absolute atomic E-state index is 0.0459. The van der Waals surface area contributed by atoms with E-state index in [1.807, 2.05) is 30.3 Å². The van der Waals surface area contributed by atoms with Crippen LogP contribution >= 0.6 is 0 Å². The average Bonchev–Trinajstić information content (AvgIpc) is 2.51. The largest absolute Gasteiger partial charge is 0.478 e. The van der Waals surface area contributed by atoms with Crippen molar-refractivity contribution in [1.82, 2.24) is 4.57 Å². The number of nitrogens with zero attached hydrogens (tertiary/aromatic N) is 1. The zero-order valence-corrected chi connectivity index (χ0v) is 11.2. The summed E-state index contributed by atoms with van der Waals surface area (Å²) in [5.74, 6) is -0.954. The molecule has 0 saturated heterocycles. The van der Waals surface area contributed by atoms with Crippen LogP contribution in [0.4, 0.5) is 0 Å². The summed E-state index contributed by atoms with van der Waals surface area (Å²) in [5, 5.41) is 10.5. The molecule has 4 heteroatoms. The fourth-order valence-electron chi connectivity index (χ4n) is 2.30. The molecule has 4 nitrogen and oxygen atoms in total. The molecule has 1 heterocycles. The maximum absolute atomic E-state index is 12.4. The molecule has 1 N–H and O–H groups in total. The van der Waals surface area contributed by atoms with Crippen LogP contribution in [-0.2, 0) is 6.54 Å². The number of carboxylic acid groups (broad SMARTS) is 1. The lowest BCUT2D eigenvalue weighted by Gasteiger charge is -2.07. The molecule has 0 aliphatic carbocycles. The molecule has 0 radical (unpaired) electrons. The second kappa shape index (κ2) is 5.25. The molecule has 0 aliphatic rings. The predicted molar refractivity (Wildman–Crippen MR) is 80.7 cm³/mol. The topological polar surface area (TPSA) is 59.3 Å². The van der Waals surface area contributed by atoms with Gasteiger partial charge in [0, 0.05) is 11.6 Å². The van der Waals surface area contributed by atoms with Crippen LogP contribution in [0.3, 0.4) is 0 Å². The summed E-state index contributed by atoms with van der Waals surface area (Å²) in [4.78, 5) is 23.2. The maximum Gasteiger partial charge on any atom is 0.335 e. The monoisotopic (exact) mass is 279 g/mol. The summed E-state index contributed by atoms with van der Waals surface area (Å²) in [7, 11) is 0. The summed E-state index contributed by atoms with van der Waals surface area (Å²) < 4.78 is 1.62. The molecule has 0 spiro atoms. The molecule has 2 aromatic carbocycles. The van der Waals surface area contributed by atoms with Crippen molar-refractivity contribution in [1.29, 1.82) is 0 Å². The number of rotatable bonds is 3. The van der Waals surface area contributed by atoms with Crippen molar-refractivity contribution >= 4 is 16.7 Å². The first-order valence-electron chi connectivity index (χ1n) is 6.55. The van der Waals surface area contributed by atoms with E-state index < -0.39 is 5.97 Å². The van der Waals surface area contributed by atoms with Gasteiger partial charge < -0.3 is 9.67 Å². The second-order valence-corrected chi connectivity index (χ2v) is 4.84. The van der Waals surface area contributed by atoms with E-state index >= 15 is 0 Å². The first-order chi connectivity index (χ1) is 10.1.